The fourth-order valence-electron chi connectivity index (χ4n) is 7.40. The standard InChI is InChI=1S/C37H58N6O6/c1-3-4-5-8-29(45)20-31(48-25(2)44)12-11-26-17-28(35(47)32(18-26)49-30-9-6-7-10-30)23-43-24-37(22-34(43)46,14-16-42-36(39)40)21-27-13-15-41-33(38)19-27/h13,17-19,29-31,41,45,47H,3-12,14-16,20-24,38H2,1-2H3,(H4,39,40,42). The van der Waals surface area contributed by atoms with Crippen LogP contribution in [0.2, 0.25) is 0 Å². The van der Waals surface area contributed by atoms with E-state index in [-0.39, 0.29) is 36.2 Å². The van der Waals surface area contributed by atoms with Crippen LogP contribution in [-0.2, 0) is 27.3 Å². The van der Waals surface area contributed by atoms with E-state index >= 15 is 0 Å². The molecule has 49 heavy (non-hydrogen) atoms. The molecule has 12 heteroatoms. The number of carbonyl (C=O) groups is 2. The van der Waals surface area contributed by atoms with Gasteiger partial charge in [0.15, 0.2) is 17.5 Å². The van der Waals surface area contributed by atoms with Crippen LogP contribution in [0, 0.1) is 5.41 Å². The average molecular weight is 683 g/mol. The van der Waals surface area contributed by atoms with Gasteiger partial charge in [-0.3, -0.25) is 14.6 Å². The smallest absolute Gasteiger partial charge is 0.302 e. The van der Waals surface area contributed by atoms with Crippen LogP contribution in [0.5, 0.6) is 11.5 Å². The molecule has 12 nitrogen and oxygen atoms in total. The van der Waals surface area contributed by atoms with E-state index in [2.05, 4.69) is 23.3 Å². The minimum atomic E-state index is -0.548. The van der Waals surface area contributed by atoms with E-state index in [9.17, 15) is 19.8 Å². The molecule has 2 aliphatic heterocycles. The molecule has 0 spiro atoms. The molecule has 1 aromatic carbocycles. The van der Waals surface area contributed by atoms with Crippen molar-refractivity contribution in [2.75, 3.05) is 19.6 Å². The predicted molar refractivity (Wildman–Crippen MR) is 190 cm³/mol. The number of amides is 1. The fraction of sp³-hybridized carbons (Fsp3) is 0.649. The van der Waals surface area contributed by atoms with Gasteiger partial charge in [0, 0.05) is 56.9 Å². The van der Waals surface area contributed by atoms with Gasteiger partial charge < -0.3 is 47.1 Å². The molecular formula is C37H58N6O6. The van der Waals surface area contributed by atoms with Crippen LogP contribution >= 0.6 is 0 Å². The number of allylic oxidation sites excluding steroid dienone is 2. The first-order valence-corrected chi connectivity index (χ1v) is 18.0. The van der Waals surface area contributed by atoms with Crippen molar-refractivity contribution in [1.82, 2.24) is 10.2 Å². The molecule has 9 N–H and O–H groups in total. The molecular weight excluding hydrogens is 624 g/mol. The summed E-state index contributed by atoms with van der Waals surface area (Å²) in [5.74, 6) is 0.676. The monoisotopic (exact) mass is 682 g/mol. The van der Waals surface area contributed by atoms with Crippen LogP contribution in [-0.4, -0.2) is 70.9 Å². The Morgan fingerprint density at radius 1 is 1.20 bits per heavy atom. The number of likely N-dealkylation sites (tertiary alicyclic amines) is 1. The number of carbonyl (C=O) groups excluding carboxylic acids is 2. The lowest BCUT2D eigenvalue weighted by Crippen LogP contribution is -2.31. The zero-order chi connectivity index (χ0) is 35.4. The fourth-order valence-corrected chi connectivity index (χ4v) is 7.40. The second-order valence-corrected chi connectivity index (χ2v) is 14.2. The maximum atomic E-state index is 13.7. The molecule has 1 amide bonds. The van der Waals surface area contributed by atoms with Gasteiger partial charge >= 0.3 is 5.97 Å². The van der Waals surface area contributed by atoms with Crippen molar-refractivity contribution in [2.45, 2.75) is 129 Å². The molecule has 3 atom stereocenters. The average Bonchev–Trinajstić information content (AvgIpc) is 3.65. The molecule has 0 aromatic heterocycles. The number of aliphatic hydroxyl groups is 1. The van der Waals surface area contributed by atoms with E-state index in [1.807, 2.05) is 18.2 Å². The van der Waals surface area contributed by atoms with Crippen LogP contribution in [0.1, 0.15) is 108 Å². The number of guanidine groups is 1. The van der Waals surface area contributed by atoms with Crippen LogP contribution in [0.25, 0.3) is 0 Å². The Morgan fingerprint density at radius 2 is 1.98 bits per heavy atom. The Bertz CT molecular complexity index is 1370. The number of hydrogen-bond acceptors (Lipinski definition) is 9. The molecule has 1 saturated heterocycles. The Morgan fingerprint density at radius 3 is 2.67 bits per heavy atom. The number of ether oxygens (including phenoxy) is 2. The van der Waals surface area contributed by atoms with Gasteiger partial charge in [-0.2, -0.15) is 0 Å². The second-order valence-electron chi connectivity index (χ2n) is 14.2. The number of aromatic hydroxyl groups is 1. The quantitative estimate of drug-likeness (QED) is 0.0536. The van der Waals surface area contributed by atoms with Crippen molar-refractivity contribution in [3.8, 4) is 11.5 Å². The second kappa shape index (κ2) is 18.2. The van der Waals surface area contributed by atoms with Gasteiger partial charge in [0.2, 0.25) is 5.91 Å². The summed E-state index contributed by atoms with van der Waals surface area (Å²) >= 11 is 0. The Kier molecular flexibility index (Phi) is 14.0. The third-order valence-corrected chi connectivity index (χ3v) is 9.87. The molecule has 1 aromatic rings. The third-order valence-electron chi connectivity index (χ3n) is 9.87. The van der Waals surface area contributed by atoms with Crippen molar-refractivity contribution in [3.05, 3.63) is 46.8 Å². The molecule has 0 bridgehead atoms. The van der Waals surface area contributed by atoms with Crippen LogP contribution in [0.3, 0.4) is 0 Å². The number of aliphatic hydroxyl groups excluding tert-OH is 1. The van der Waals surface area contributed by atoms with Crippen LogP contribution in [0.15, 0.2) is 40.7 Å². The van der Waals surface area contributed by atoms with Crippen LogP contribution < -0.4 is 27.3 Å². The van der Waals surface area contributed by atoms with Gasteiger partial charge in [0.1, 0.15) is 6.10 Å². The number of aliphatic imine (C=N–C) groups is 1. The minimum Gasteiger partial charge on any atom is -0.504 e. The highest BCUT2D eigenvalue weighted by atomic mass is 16.5. The number of hydrogen-bond donors (Lipinski definition) is 6. The molecule has 272 valence electrons. The number of esters is 1. The van der Waals surface area contributed by atoms with E-state index in [1.54, 1.807) is 4.90 Å². The summed E-state index contributed by atoms with van der Waals surface area (Å²) in [6.07, 6.45) is 13.8. The highest BCUT2D eigenvalue weighted by Gasteiger charge is 2.43. The number of phenols is 1. The van der Waals surface area contributed by atoms with Gasteiger partial charge in [-0.05, 0) is 81.1 Å². The Hall–Kier alpha value is -3.93. The summed E-state index contributed by atoms with van der Waals surface area (Å²) in [7, 11) is 0. The van der Waals surface area contributed by atoms with Gasteiger partial charge in [-0.25, -0.2) is 0 Å². The van der Waals surface area contributed by atoms with Gasteiger partial charge in [-0.1, -0.05) is 38.3 Å². The SMILES string of the molecule is CCCCCC(O)CC(CCc1cc(CN2CC(CCN=C(N)N)(CC3=CCNC(N)=C3)CC2=O)c(O)c(OC2CCCC2)c1)OC(C)=O. The molecule has 0 radical (unpaired) electrons. The van der Waals surface area contributed by atoms with E-state index in [1.165, 1.54) is 6.92 Å². The molecule has 4 rings (SSSR count). The Balaban J connectivity index is 1.55. The number of benzene rings is 1. The summed E-state index contributed by atoms with van der Waals surface area (Å²) in [6, 6.07) is 3.79. The Labute approximate surface area is 291 Å². The molecule has 2 heterocycles. The van der Waals surface area contributed by atoms with Gasteiger partial charge in [0.05, 0.1) is 18.0 Å². The summed E-state index contributed by atoms with van der Waals surface area (Å²) < 4.78 is 12.0. The number of nitrogens with two attached hydrogens (primary N) is 3. The maximum absolute atomic E-state index is 13.7. The van der Waals surface area contributed by atoms with E-state index in [4.69, 9.17) is 26.7 Å². The minimum absolute atomic E-state index is 0.00812. The zero-order valence-electron chi connectivity index (χ0n) is 29.4. The normalized spacial score (nSPS) is 20.7. The summed E-state index contributed by atoms with van der Waals surface area (Å²) in [4.78, 5) is 31.6. The number of aryl methyl sites for hydroxylation is 1. The van der Waals surface area contributed by atoms with Crippen molar-refractivity contribution in [3.63, 3.8) is 0 Å². The maximum Gasteiger partial charge on any atom is 0.302 e. The van der Waals surface area contributed by atoms with E-state index < -0.39 is 17.6 Å². The predicted octanol–water partition coefficient (Wildman–Crippen LogP) is 4.01. The van der Waals surface area contributed by atoms with E-state index in [0.717, 1.165) is 56.1 Å². The largest absolute Gasteiger partial charge is 0.504 e. The number of nitrogens with zero attached hydrogens (tertiary/aromatic N) is 2. The summed E-state index contributed by atoms with van der Waals surface area (Å²) in [6.45, 7) is 5.21. The molecule has 2 fully saturated rings. The van der Waals surface area contributed by atoms with Crippen molar-refractivity contribution in [1.29, 1.82) is 0 Å². The number of unbranched alkanes of at least 4 members (excludes halogenated alkanes) is 2. The first kappa shape index (κ1) is 37.9. The van der Waals surface area contributed by atoms with Gasteiger partial charge in [-0.15, -0.1) is 0 Å². The summed E-state index contributed by atoms with van der Waals surface area (Å²) in [5.41, 5.74) is 19.5. The number of nitrogens with one attached hydrogen (secondary N) is 1. The highest BCUT2D eigenvalue weighted by Crippen LogP contribution is 2.43. The highest BCUT2D eigenvalue weighted by molar-refractivity contribution is 5.80. The zero-order valence-corrected chi connectivity index (χ0v) is 29.4. The lowest BCUT2D eigenvalue weighted by Gasteiger charge is -2.30. The van der Waals surface area contributed by atoms with Crippen molar-refractivity contribution < 1.29 is 29.3 Å². The molecule has 3 unspecified atom stereocenters. The lowest BCUT2D eigenvalue weighted by molar-refractivity contribution is -0.148. The van der Waals surface area contributed by atoms with E-state index in [0.29, 0.717) is 81.7 Å². The number of dihydropyridines is 1. The molecule has 3 aliphatic rings. The summed E-state index contributed by atoms with van der Waals surface area (Å²) in [5, 5.41) is 25.3. The third kappa shape index (κ3) is 11.9. The van der Waals surface area contributed by atoms with Crippen molar-refractivity contribution in [2.24, 2.45) is 27.6 Å². The first-order valence-electron chi connectivity index (χ1n) is 18.0. The molecule has 1 saturated carbocycles. The van der Waals surface area contributed by atoms with Crippen molar-refractivity contribution >= 4 is 17.8 Å². The number of phenolic OH excluding ortho intramolecular Hbond substituents is 1. The number of rotatable bonds is 19. The topological polar surface area (TPSA) is 199 Å². The van der Waals surface area contributed by atoms with Gasteiger partial charge in [0.25, 0.3) is 0 Å². The lowest BCUT2D eigenvalue weighted by atomic mass is 9.77. The van der Waals surface area contributed by atoms with Crippen LogP contribution in [0.4, 0.5) is 0 Å². The molecule has 1 aliphatic carbocycles. The first-order chi connectivity index (χ1) is 23.4.